The number of halogens is 1. The molecule has 0 saturated carbocycles. The molecule has 42 heavy (non-hydrogen) atoms. The number of ether oxygens (including phenoxy) is 2. The number of hydrogen-bond acceptors (Lipinski definition) is 6. The number of para-hydroxylation sites is 1. The highest BCUT2D eigenvalue weighted by atomic mass is 35.5. The Balaban J connectivity index is 1.70. The molecule has 9 nitrogen and oxygen atoms in total. The summed E-state index contributed by atoms with van der Waals surface area (Å²) >= 11 is 6.30. The maximum Gasteiger partial charge on any atom is 0.412 e. The van der Waals surface area contributed by atoms with Crippen LogP contribution in [0.1, 0.15) is 38.3 Å². The first-order valence-electron chi connectivity index (χ1n) is 13.5. The number of benzene rings is 3. The third-order valence-electron chi connectivity index (χ3n) is 7.90. The number of carbonyl (C=O) groups is 2. The largest absolute Gasteiger partial charge is 0.467 e. The van der Waals surface area contributed by atoms with Gasteiger partial charge < -0.3 is 14.5 Å². The molecule has 3 heterocycles. The Hall–Kier alpha value is -4.02. The molecule has 1 saturated heterocycles. The van der Waals surface area contributed by atoms with Crippen LogP contribution in [-0.4, -0.2) is 55.3 Å². The second-order valence-electron chi connectivity index (χ2n) is 11.5. The van der Waals surface area contributed by atoms with E-state index in [9.17, 15) is 18.0 Å². The molecule has 3 aromatic carbocycles. The Morgan fingerprint density at radius 2 is 1.69 bits per heavy atom. The first kappa shape index (κ1) is 28.1. The van der Waals surface area contributed by atoms with Gasteiger partial charge in [0.15, 0.2) is 0 Å². The van der Waals surface area contributed by atoms with E-state index in [1.54, 1.807) is 69.4 Å². The number of carbonyl (C=O) groups excluding carboxylic acids is 2. The fraction of sp³-hybridized carbons (Fsp3) is 0.290. The fourth-order valence-corrected chi connectivity index (χ4v) is 8.22. The zero-order chi connectivity index (χ0) is 30.0. The van der Waals surface area contributed by atoms with Gasteiger partial charge in [-0.15, -0.1) is 0 Å². The average molecular weight is 608 g/mol. The first-order valence-corrected chi connectivity index (χ1v) is 15.3. The van der Waals surface area contributed by atoms with Crippen molar-refractivity contribution in [1.82, 2.24) is 9.88 Å². The smallest absolute Gasteiger partial charge is 0.412 e. The Morgan fingerprint density at radius 3 is 2.38 bits per heavy atom. The number of aromatic amines is 1. The second-order valence-corrected chi connectivity index (χ2v) is 13.8. The van der Waals surface area contributed by atoms with Crippen molar-refractivity contribution >= 4 is 50.3 Å². The predicted molar refractivity (Wildman–Crippen MR) is 159 cm³/mol. The summed E-state index contributed by atoms with van der Waals surface area (Å²) in [5.74, 6) is -0.674. The van der Waals surface area contributed by atoms with Crippen molar-refractivity contribution < 1.29 is 27.5 Å². The lowest BCUT2D eigenvalue weighted by Gasteiger charge is -2.38. The number of nitrogens with zero attached hydrogens (tertiary/aromatic N) is 2. The van der Waals surface area contributed by atoms with Crippen LogP contribution in [0.5, 0.6) is 0 Å². The van der Waals surface area contributed by atoms with Gasteiger partial charge in [0.25, 0.3) is 10.0 Å². The zero-order valence-electron chi connectivity index (χ0n) is 23.5. The van der Waals surface area contributed by atoms with Gasteiger partial charge in [-0.1, -0.05) is 54.1 Å². The van der Waals surface area contributed by atoms with Crippen molar-refractivity contribution in [3.05, 3.63) is 95.1 Å². The third-order valence-corrected chi connectivity index (χ3v) is 9.92. The van der Waals surface area contributed by atoms with Gasteiger partial charge in [0.05, 0.1) is 23.1 Å². The highest BCUT2D eigenvalue weighted by molar-refractivity contribution is 7.92. The molecule has 2 aliphatic rings. The van der Waals surface area contributed by atoms with Gasteiger partial charge in [-0.05, 0) is 68.7 Å². The monoisotopic (exact) mass is 607 g/mol. The number of nitrogens with one attached hydrogen (secondary N) is 1. The number of amides is 1. The van der Waals surface area contributed by atoms with E-state index in [-0.39, 0.29) is 11.3 Å². The minimum atomic E-state index is -4.26. The van der Waals surface area contributed by atoms with Crippen LogP contribution in [0.15, 0.2) is 83.9 Å². The third kappa shape index (κ3) is 4.15. The second kappa shape index (κ2) is 9.78. The molecular weight excluding hydrogens is 578 g/mol. The molecule has 1 N–H and O–H groups in total. The maximum atomic E-state index is 14.6. The van der Waals surface area contributed by atoms with Crippen LogP contribution in [0, 0.1) is 0 Å². The Kier molecular flexibility index (Phi) is 6.54. The quantitative estimate of drug-likeness (QED) is 0.293. The van der Waals surface area contributed by atoms with Crippen LogP contribution in [0.25, 0.3) is 10.9 Å². The molecule has 1 fully saturated rings. The van der Waals surface area contributed by atoms with E-state index in [1.807, 2.05) is 18.2 Å². The molecule has 6 rings (SSSR count). The van der Waals surface area contributed by atoms with E-state index in [2.05, 4.69) is 4.98 Å². The number of aromatic nitrogens is 1. The van der Waals surface area contributed by atoms with Crippen molar-refractivity contribution in [1.29, 1.82) is 0 Å². The van der Waals surface area contributed by atoms with Crippen molar-refractivity contribution in [2.45, 2.75) is 55.3 Å². The number of likely N-dealkylation sites (tertiary alicyclic amines) is 1. The van der Waals surface area contributed by atoms with Crippen LogP contribution in [0.2, 0.25) is 5.02 Å². The molecule has 1 aromatic heterocycles. The maximum absolute atomic E-state index is 14.6. The summed E-state index contributed by atoms with van der Waals surface area (Å²) in [7, 11) is -3.01. The molecule has 2 aliphatic heterocycles. The van der Waals surface area contributed by atoms with Crippen LogP contribution in [-0.2, 0) is 29.7 Å². The van der Waals surface area contributed by atoms with E-state index in [0.717, 1.165) is 16.5 Å². The number of methoxy groups -OCH3 is 1. The lowest BCUT2D eigenvalue weighted by molar-refractivity contribution is -0.146. The number of hydrogen-bond donors (Lipinski definition) is 1. The average Bonchev–Trinajstić information content (AvgIpc) is 3.60. The lowest BCUT2D eigenvalue weighted by atomic mass is 9.72. The summed E-state index contributed by atoms with van der Waals surface area (Å²) in [5, 5.41) is 1.31. The topological polar surface area (TPSA) is 109 Å². The Bertz CT molecular complexity index is 1820. The molecule has 1 amide bonds. The zero-order valence-corrected chi connectivity index (χ0v) is 25.1. The Labute approximate surface area is 249 Å². The molecule has 0 aliphatic carbocycles. The van der Waals surface area contributed by atoms with Gasteiger partial charge in [0.2, 0.25) is 0 Å². The number of rotatable bonds is 4. The van der Waals surface area contributed by atoms with Crippen molar-refractivity contribution in [3.63, 3.8) is 0 Å². The predicted octanol–water partition coefficient (Wildman–Crippen LogP) is 5.82. The van der Waals surface area contributed by atoms with E-state index in [1.165, 1.54) is 28.4 Å². The van der Waals surface area contributed by atoms with Gasteiger partial charge in [-0.3, -0.25) is 4.90 Å². The van der Waals surface area contributed by atoms with Gasteiger partial charge >= 0.3 is 12.1 Å². The van der Waals surface area contributed by atoms with Crippen LogP contribution >= 0.6 is 11.6 Å². The van der Waals surface area contributed by atoms with Crippen LogP contribution in [0.3, 0.4) is 0 Å². The lowest BCUT2D eigenvalue weighted by Crippen LogP contribution is -2.57. The molecule has 0 bridgehead atoms. The number of anilines is 1. The first-order chi connectivity index (χ1) is 19.9. The molecule has 0 unspecified atom stereocenters. The van der Waals surface area contributed by atoms with Crippen LogP contribution < -0.4 is 4.31 Å². The highest BCUT2D eigenvalue weighted by Gasteiger charge is 2.68. The minimum Gasteiger partial charge on any atom is -0.467 e. The molecule has 11 heteroatoms. The molecule has 3 atom stereocenters. The standard InChI is InChI=1S/C31H30ClN3O6S/c1-30(2,3)41-29(37)34-26(27(36)40-4)17-31(23-18-33-24-16-19(32)14-15-21(23)24)22-12-8-9-13-25(22)35(28(31)34)42(38,39)20-10-6-5-7-11-20/h5-16,18,26,28,33H,17H2,1-4H3/t26-,28-,31+/m0/s1. The SMILES string of the molecule is COC(=O)[C@@H]1C[C@]2(c3c[nH]c4cc(Cl)ccc34)c3ccccc3N(S(=O)(=O)c3ccccc3)[C@@H]2N1C(=O)OC(C)(C)C. The van der Waals surface area contributed by atoms with Crippen molar-refractivity contribution in [2.75, 3.05) is 11.4 Å². The highest BCUT2D eigenvalue weighted by Crippen LogP contribution is 2.60. The van der Waals surface area contributed by atoms with Gasteiger partial charge in [-0.25, -0.2) is 22.3 Å². The van der Waals surface area contributed by atoms with Crippen molar-refractivity contribution in [2.24, 2.45) is 0 Å². The van der Waals surface area contributed by atoms with Gasteiger partial charge in [0, 0.05) is 22.1 Å². The molecule has 218 valence electrons. The molecular formula is C31H30ClN3O6S. The van der Waals surface area contributed by atoms with Gasteiger partial charge in [-0.2, -0.15) is 0 Å². The van der Waals surface area contributed by atoms with E-state index >= 15 is 0 Å². The molecule has 0 radical (unpaired) electrons. The summed E-state index contributed by atoms with van der Waals surface area (Å²) in [6, 6.07) is 19.4. The summed E-state index contributed by atoms with van der Waals surface area (Å²) in [6.45, 7) is 5.14. The van der Waals surface area contributed by atoms with Crippen LogP contribution in [0.4, 0.5) is 10.5 Å². The fourth-order valence-electron chi connectivity index (χ4n) is 6.36. The summed E-state index contributed by atoms with van der Waals surface area (Å²) in [4.78, 5) is 32.0. The molecule has 4 aromatic rings. The normalized spacial score (nSPS) is 21.7. The summed E-state index contributed by atoms with van der Waals surface area (Å²) in [5.41, 5.74) is 0.419. The number of sulfonamides is 1. The number of fused-ring (bicyclic) bond motifs is 4. The van der Waals surface area contributed by atoms with Crippen molar-refractivity contribution in [3.8, 4) is 0 Å². The Morgan fingerprint density at radius 1 is 1.00 bits per heavy atom. The number of esters is 1. The number of H-pyrrole nitrogens is 1. The van der Waals surface area contributed by atoms with E-state index in [4.69, 9.17) is 21.1 Å². The van der Waals surface area contributed by atoms with E-state index < -0.39 is 45.3 Å². The summed E-state index contributed by atoms with van der Waals surface area (Å²) in [6.07, 6.45) is -0.171. The molecule has 0 spiro atoms. The summed E-state index contributed by atoms with van der Waals surface area (Å²) < 4.78 is 41.4. The van der Waals surface area contributed by atoms with E-state index in [0.29, 0.717) is 16.3 Å². The van der Waals surface area contributed by atoms with Gasteiger partial charge in [0.1, 0.15) is 17.8 Å². The minimum absolute atomic E-state index is 0.0481.